The fourth-order valence-electron chi connectivity index (χ4n) is 1.68. The maximum atomic E-state index is 13.2. The highest BCUT2D eigenvalue weighted by atomic mass is 35.5. The topological polar surface area (TPSA) is 21.3 Å². The molecule has 2 nitrogen and oxygen atoms in total. The van der Waals surface area contributed by atoms with E-state index in [1.165, 1.54) is 12.1 Å². The average Bonchev–Trinajstić information content (AvgIpc) is 2.73. The Morgan fingerprint density at radius 3 is 2.88 bits per heavy atom. The first-order valence-corrected chi connectivity index (χ1v) is 5.07. The Bertz CT molecular complexity index is 343. The highest BCUT2D eigenvalue weighted by molar-refractivity contribution is 5.85. The number of halogens is 3. The fraction of sp³-hybridized carbons (Fsp3) is 0.455. The maximum Gasteiger partial charge on any atom is 0.200 e. The second-order valence-corrected chi connectivity index (χ2v) is 3.66. The first kappa shape index (κ1) is 13.2. The van der Waals surface area contributed by atoms with E-state index >= 15 is 0 Å². The average molecular weight is 250 g/mol. The molecule has 1 unspecified atom stereocenters. The Kier molecular flexibility index (Phi) is 4.96. The molecule has 1 N–H and O–H groups in total. The lowest BCUT2D eigenvalue weighted by atomic mass is 10.2. The van der Waals surface area contributed by atoms with E-state index < -0.39 is 11.6 Å². The molecule has 90 valence electrons. The molecule has 5 heteroatoms. The quantitative estimate of drug-likeness (QED) is 0.889. The monoisotopic (exact) mass is 249 g/mol. The molecule has 1 aromatic rings. The Hall–Kier alpha value is -0.870. The Labute approximate surface area is 99.4 Å². The van der Waals surface area contributed by atoms with Gasteiger partial charge in [0.1, 0.15) is 6.61 Å². The molecule has 1 atom stereocenters. The molecule has 2 rings (SSSR count). The van der Waals surface area contributed by atoms with Gasteiger partial charge in [0.25, 0.3) is 0 Å². The molecule has 16 heavy (non-hydrogen) atoms. The minimum Gasteiger partial charge on any atom is -0.489 e. The molecule has 0 bridgehead atoms. The van der Waals surface area contributed by atoms with Gasteiger partial charge in [-0.3, -0.25) is 0 Å². The lowest BCUT2D eigenvalue weighted by molar-refractivity contribution is 0.261. The maximum absolute atomic E-state index is 13.2. The van der Waals surface area contributed by atoms with Crippen molar-refractivity contribution in [3.63, 3.8) is 0 Å². The van der Waals surface area contributed by atoms with E-state index in [0.717, 1.165) is 25.5 Å². The lowest BCUT2D eigenvalue weighted by Gasteiger charge is -2.12. The zero-order valence-electron chi connectivity index (χ0n) is 8.71. The van der Waals surface area contributed by atoms with Crippen LogP contribution in [0, 0.1) is 11.6 Å². The summed E-state index contributed by atoms with van der Waals surface area (Å²) in [6.45, 7) is 1.36. The van der Waals surface area contributed by atoms with Crippen LogP contribution < -0.4 is 10.1 Å². The SMILES string of the molecule is Cl.Fc1cccc(OCC2CCCN2)c1F. The number of nitrogens with one attached hydrogen (secondary N) is 1. The van der Waals surface area contributed by atoms with Crippen LogP contribution in [0.3, 0.4) is 0 Å². The molecule has 0 saturated carbocycles. The molecular weight excluding hydrogens is 236 g/mol. The molecule has 1 heterocycles. The molecule has 0 radical (unpaired) electrons. The summed E-state index contributed by atoms with van der Waals surface area (Å²) in [5.41, 5.74) is 0. The number of rotatable bonds is 3. The van der Waals surface area contributed by atoms with Crippen molar-refractivity contribution in [1.29, 1.82) is 0 Å². The van der Waals surface area contributed by atoms with Gasteiger partial charge in [-0.15, -0.1) is 12.4 Å². The van der Waals surface area contributed by atoms with Crippen LogP contribution in [0.2, 0.25) is 0 Å². The van der Waals surface area contributed by atoms with Crippen LogP contribution in [-0.2, 0) is 0 Å². The lowest BCUT2D eigenvalue weighted by Crippen LogP contribution is -2.28. The van der Waals surface area contributed by atoms with Crippen molar-refractivity contribution in [2.75, 3.05) is 13.2 Å². The first-order valence-electron chi connectivity index (χ1n) is 5.07. The Balaban J connectivity index is 0.00000128. The van der Waals surface area contributed by atoms with E-state index in [2.05, 4.69) is 5.32 Å². The van der Waals surface area contributed by atoms with E-state index in [-0.39, 0.29) is 24.2 Å². The van der Waals surface area contributed by atoms with Crippen LogP contribution in [0.4, 0.5) is 8.78 Å². The first-order chi connectivity index (χ1) is 7.27. The van der Waals surface area contributed by atoms with Crippen LogP contribution in [0.1, 0.15) is 12.8 Å². The van der Waals surface area contributed by atoms with Gasteiger partial charge in [0, 0.05) is 6.04 Å². The van der Waals surface area contributed by atoms with Crippen LogP contribution in [0.5, 0.6) is 5.75 Å². The van der Waals surface area contributed by atoms with Gasteiger partial charge in [-0.1, -0.05) is 6.07 Å². The van der Waals surface area contributed by atoms with Crippen molar-refractivity contribution in [3.8, 4) is 5.75 Å². The molecule has 1 aliphatic heterocycles. The zero-order valence-corrected chi connectivity index (χ0v) is 9.53. The predicted octanol–water partition coefficient (Wildman–Crippen LogP) is 2.52. The van der Waals surface area contributed by atoms with Crippen molar-refractivity contribution >= 4 is 12.4 Å². The van der Waals surface area contributed by atoms with Crippen molar-refractivity contribution in [1.82, 2.24) is 5.32 Å². The van der Waals surface area contributed by atoms with Gasteiger partial charge in [0.15, 0.2) is 11.6 Å². The van der Waals surface area contributed by atoms with Gasteiger partial charge in [-0.25, -0.2) is 4.39 Å². The van der Waals surface area contributed by atoms with Gasteiger partial charge < -0.3 is 10.1 Å². The highest BCUT2D eigenvalue weighted by Gasteiger charge is 2.16. The third-order valence-electron chi connectivity index (χ3n) is 2.52. The van der Waals surface area contributed by atoms with Crippen LogP contribution >= 0.6 is 12.4 Å². The summed E-state index contributed by atoms with van der Waals surface area (Å²) in [6.07, 6.45) is 2.14. The van der Waals surface area contributed by atoms with E-state index in [4.69, 9.17) is 4.74 Å². The van der Waals surface area contributed by atoms with E-state index in [1.54, 1.807) is 0 Å². The van der Waals surface area contributed by atoms with Crippen molar-refractivity contribution in [2.24, 2.45) is 0 Å². The fourth-order valence-corrected chi connectivity index (χ4v) is 1.68. The Morgan fingerprint density at radius 2 is 2.19 bits per heavy atom. The van der Waals surface area contributed by atoms with Gasteiger partial charge in [0.2, 0.25) is 5.82 Å². The molecule has 1 fully saturated rings. The standard InChI is InChI=1S/C11H13F2NO.ClH/c12-9-4-1-5-10(11(9)13)15-7-8-3-2-6-14-8;/h1,4-5,8,14H,2-3,6-7H2;1H. The summed E-state index contributed by atoms with van der Waals surface area (Å²) < 4.78 is 31.2. The third kappa shape index (κ3) is 3.06. The van der Waals surface area contributed by atoms with E-state index in [1.807, 2.05) is 0 Å². The van der Waals surface area contributed by atoms with Gasteiger partial charge >= 0.3 is 0 Å². The van der Waals surface area contributed by atoms with Gasteiger partial charge in [0.05, 0.1) is 0 Å². The van der Waals surface area contributed by atoms with Gasteiger partial charge in [-0.2, -0.15) is 4.39 Å². The summed E-state index contributed by atoms with van der Waals surface area (Å²) >= 11 is 0. The second-order valence-electron chi connectivity index (χ2n) is 3.66. The summed E-state index contributed by atoms with van der Waals surface area (Å²) in [7, 11) is 0. The molecule has 0 spiro atoms. The number of hydrogen-bond acceptors (Lipinski definition) is 2. The summed E-state index contributed by atoms with van der Waals surface area (Å²) in [6, 6.07) is 4.21. The zero-order chi connectivity index (χ0) is 10.7. The number of ether oxygens (including phenoxy) is 1. The summed E-state index contributed by atoms with van der Waals surface area (Å²) in [5, 5.41) is 3.22. The summed E-state index contributed by atoms with van der Waals surface area (Å²) in [5.74, 6) is -1.79. The van der Waals surface area contributed by atoms with Crippen molar-refractivity contribution in [2.45, 2.75) is 18.9 Å². The molecule has 1 saturated heterocycles. The molecule has 1 aliphatic rings. The van der Waals surface area contributed by atoms with Crippen LogP contribution in [-0.4, -0.2) is 19.2 Å². The molecule has 0 aliphatic carbocycles. The number of hydrogen-bond donors (Lipinski definition) is 1. The largest absolute Gasteiger partial charge is 0.489 e. The number of benzene rings is 1. The van der Waals surface area contributed by atoms with Crippen molar-refractivity contribution in [3.05, 3.63) is 29.8 Å². The normalized spacial score (nSPS) is 19.2. The highest BCUT2D eigenvalue weighted by Crippen LogP contribution is 2.19. The smallest absolute Gasteiger partial charge is 0.200 e. The van der Waals surface area contributed by atoms with E-state index in [0.29, 0.717) is 6.61 Å². The molecule has 0 aromatic heterocycles. The molecule has 1 aromatic carbocycles. The van der Waals surface area contributed by atoms with E-state index in [9.17, 15) is 8.78 Å². The predicted molar refractivity (Wildman–Crippen MR) is 60.1 cm³/mol. The minimum atomic E-state index is -0.907. The van der Waals surface area contributed by atoms with Crippen LogP contribution in [0.25, 0.3) is 0 Å². The summed E-state index contributed by atoms with van der Waals surface area (Å²) in [4.78, 5) is 0. The third-order valence-corrected chi connectivity index (χ3v) is 2.52. The minimum absolute atomic E-state index is 0. The molecule has 0 amide bonds. The second kappa shape index (κ2) is 6.01. The van der Waals surface area contributed by atoms with Crippen molar-refractivity contribution < 1.29 is 13.5 Å². The van der Waals surface area contributed by atoms with Crippen LogP contribution in [0.15, 0.2) is 18.2 Å². The Morgan fingerprint density at radius 1 is 1.38 bits per heavy atom. The molecular formula is C11H14ClF2NO. The van der Waals surface area contributed by atoms with Gasteiger partial charge in [-0.05, 0) is 31.5 Å².